The lowest BCUT2D eigenvalue weighted by atomic mass is 10.1. The summed E-state index contributed by atoms with van der Waals surface area (Å²) in [6, 6.07) is -3.71. The molecule has 1 saturated heterocycles. The average Bonchev–Trinajstić information content (AvgIpc) is 3.17. The highest BCUT2D eigenvalue weighted by molar-refractivity contribution is 5.95. The third kappa shape index (κ3) is 6.44. The predicted molar refractivity (Wildman–Crippen MR) is 92.5 cm³/mol. The molecule has 0 aromatic carbocycles. The summed E-state index contributed by atoms with van der Waals surface area (Å²) in [5.74, 6) is -4.25. The van der Waals surface area contributed by atoms with Crippen molar-refractivity contribution in [3.63, 3.8) is 0 Å². The molecular formula is C15H25N5O8. The van der Waals surface area contributed by atoms with Crippen LogP contribution in [0.5, 0.6) is 0 Å². The van der Waals surface area contributed by atoms with E-state index >= 15 is 0 Å². The van der Waals surface area contributed by atoms with Gasteiger partial charge in [0.15, 0.2) is 0 Å². The molecule has 0 unspecified atom stereocenters. The topological polar surface area (TPSA) is 211 Å². The number of aliphatic carboxylic acids is 1. The Hall–Kier alpha value is -2.77. The smallest absolute Gasteiger partial charge is 0.322 e. The van der Waals surface area contributed by atoms with Gasteiger partial charge in [-0.1, -0.05) is 0 Å². The monoisotopic (exact) mass is 403 g/mol. The lowest BCUT2D eigenvalue weighted by molar-refractivity contribution is -0.143. The molecule has 158 valence electrons. The average molecular weight is 403 g/mol. The maximum atomic E-state index is 12.6. The van der Waals surface area contributed by atoms with Gasteiger partial charge in [0.05, 0.1) is 19.8 Å². The van der Waals surface area contributed by atoms with Crippen molar-refractivity contribution in [2.24, 2.45) is 5.73 Å². The van der Waals surface area contributed by atoms with E-state index in [1.807, 2.05) is 0 Å². The Labute approximate surface area is 160 Å². The van der Waals surface area contributed by atoms with Crippen molar-refractivity contribution in [1.29, 1.82) is 0 Å². The van der Waals surface area contributed by atoms with Crippen LogP contribution in [0.25, 0.3) is 0 Å². The Balaban J connectivity index is 2.77. The third-order valence-corrected chi connectivity index (χ3v) is 4.07. The fourth-order valence-electron chi connectivity index (χ4n) is 2.69. The zero-order valence-electron chi connectivity index (χ0n) is 15.1. The molecule has 0 aliphatic carbocycles. The molecule has 1 heterocycles. The standard InChI is InChI=1S/C15H25N5O8/c16-4-11(23)18-8(6-21)13(26)19-9(7-22)15(28)20-3-1-2-10(20)14(27)17-5-12(24)25/h8-10,21-22H,1-7,16H2,(H,17,27)(H,18,23)(H,19,26)(H,24,25)/t8-,9-,10-/m0/s1. The molecule has 1 fully saturated rings. The molecule has 0 saturated carbocycles. The maximum absolute atomic E-state index is 12.6. The number of hydrogen-bond acceptors (Lipinski definition) is 8. The van der Waals surface area contributed by atoms with Gasteiger partial charge in [-0.2, -0.15) is 0 Å². The molecule has 0 bridgehead atoms. The number of likely N-dealkylation sites (tertiary alicyclic amines) is 1. The number of amides is 4. The van der Waals surface area contributed by atoms with Crippen molar-refractivity contribution >= 4 is 29.6 Å². The van der Waals surface area contributed by atoms with Gasteiger partial charge in [0.1, 0.15) is 24.7 Å². The number of hydrogen-bond donors (Lipinski definition) is 7. The third-order valence-electron chi connectivity index (χ3n) is 4.07. The second kappa shape index (κ2) is 11.2. The Morgan fingerprint density at radius 3 is 2.25 bits per heavy atom. The van der Waals surface area contributed by atoms with Crippen LogP contribution in [0.4, 0.5) is 0 Å². The van der Waals surface area contributed by atoms with Crippen LogP contribution >= 0.6 is 0 Å². The number of carbonyl (C=O) groups is 5. The minimum Gasteiger partial charge on any atom is -0.480 e. The van der Waals surface area contributed by atoms with Crippen molar-refractivity contribution in [1.82, 2.24) is 20.9 Å². The number of carboxylic acid groups (broad SMARTS) is 1. The molecule has 0 aromatic rings. The normalized spacial score (nSPS) is 18.1. The summed E-state index contributed by atoms with van der Waals surface area (Å²) in [7, 11) is 0. The first kappa shape index (κ1) is 23.3. The number of aliphatic hydroxyl groups excluding tert-OH is 2. The highest BCUT2D eigenvalue weighted by Gasteiger charge is 2.38. The Bertz CT molecular complexity index is 613. The summed E-state index contributed by atoms with van der Waals surface area (Å²) >= 11 is 0. The van der Waals surface area contributed by atoms with E-state index < -0.39 is 74.0 Å². The highest BCUT2D eigenvalue weighted by Crippen LogP contribution is 2.18. The van der Waals surface area contributed by atoms with Gasteiger partial charge in [-0.15, -0.1) is 0 Å². The first-order valence-corrected chi connectivity index (χ1v) is 8.56. The lowest BCUT2D eigenvalue weighted by Crippen LogP contribution is -2.58. The van der Waals surface area contributed by atoms with Crippen LogP contribution < -0.4 is 21.7 Å². The summed E-state index contributed by atoms with van der Waals surface area (Å²) in [5, 5.41) is 33.9. The molecule has 1 rings (SSSR count). The Kier molecular flexibility index (Phi) is 9.27. The van der Waals surface area contributed by atoms with Gasteiger partial charge in [0, 0.05) is 6.54 Å². The van der Waals surface area contributed by atoms with Gasteiger partial charge in [-0.3, -0.25) is 24.0 Å². The van der Waals surface area contributed by atoms with Crippen LogP contribution in [-0.4, -0.2) is 101 Å². The predicted octanol–water partition coefficient (Wildman–Crippen LogP) is -4.91. The fourth-order valence-corrected chi connectivity index (χ4v) is 2.69. The molecule has 28 heavy (non-hydrogen) atoms. The summed E-state index contributed by atoms with van der Waals surface area (Å²) in [6.07, 6.45) is 0.782. The second-order valence-corrected chi connectivity index (χ2v) is 6.05. The first-order valence-electron chi connectivity index (χ1n) is 8.56. The molecule has 3 atom stereocenters. The molecule has 0 spiro atoms. The van der Waals surface area contributed by atoms with E-state index in [0.717, 1.165) is 4.90 Å². The molecule has 4 amide bonds. The van der Waals surface area contributed by atoms with E-state index in [9.17, 15) is 34.2 Å². The number of carbonyl (C=O) groups excluding carboxylic acids is 4. The zero-order chi connectivity index (χ0) is 21.3. The van der Waals surface area contributed by atoms with Crippen LogP contribution in [0.1, 0.15) is 12.8 Å². The first-order chi connectivity index (χ1) is 13.2. The van der Waals surface area contributed by atoms with Gasteiger partial charge < -0.3 is 41.9 Å². The van der Waals surface area contributed by atoms with Gasteiger partial charge >= 0.3 is 5.97 Å². The molecule has 0 aromatic heterocycles. The van der Waals surface area contributed by atoms with Crippen molar-refractivity contribution in [2.75, 3.05) is 32.8 Å². The molecule has 1 aliphatic heterocycles. The largest absolute Gasteiger partial charge is 0.480 e. The number of carboxylic acids is 1. The van der Waals surface area contributed by atoms with Crippen molar-refractivity contribution < 1.29 is 39.3 Å². The summed E-state index contributed by atoms with van der Waals surface area (Å²) < 4.78 is 0. The SMILES string of the molecule is NCC(=O)N[C@@H](CO)C(=O)N[C@@H](CO)C(=O)N1CCC[C@H]1C(=O)NCC(=O)O. The molecule has 13 heteroatoms. The molecule has 0 radical (unpaired) electrons. The quantitative estimate of drug-likeness (QED) is 0.186. The molecular weight excluding hydrogens is 378 g/mol. The molecule has 1 aliphatic rings. The van der Waals surface area contributed by atoms with E-state index in [0.29, 0.717) is 12.8 Å². The number of rotatable bonds is 10. The van der Waals surface area contributed by atoms with Crippen molar-refractivity contribution in [3.8, 4) is 0 Å². The highest BCUT2D eigenvalue weighted by atomic mass is 16.4. The summed E-state index contributed by atoms with van der Waals surface area (Å²) in [4.78, 5) is 59.9. The Morgan fingerprint density at radius 1 is 1.07 bits per heavy atom. The van der Waals surface area contributed by atoms with E-state index in [1.54, 1.807) is 0 Å². The number of nitrogens with zero attached hydrogens (tertiary/aromatic N) is 1. The van der Waals surface area contributed by atoms with Crippen molar-refractivity contribution in [3.05, 3.63) is 0 Å². The van der Waals surface area contributed by atoms with Crippen LogP contribution in [-0.2, 0) is 24.0 Å². The minimum atomic E-state index is -1.41. The summed E-state index contributed by atoms with van der Waals surface area (Å²) in [5.41, 5.74) is 5.12. The van der Waals surface area contributed by atoms with E-state index in [2.05, 4.69) is 16.0 Å². The van der Waals surface area contributed by atoms with E-state index in [-0.39, 0.29) is 6.54 Å². The van der Waals surface area contributed by atoms with Gasteiger partial charge in [0.2, 0.25) is 23.6 Å². The summed E-state index contributed by atoms with van der Waals surface area (Å²) in [6.45, 7) is -2.37. The second-order valence-electron chi connectivity index (χ2n) is 6.05. The van der Waals surface area contributed by atoms with Gasteiger partial charge in [-0.25, -0.2) is 0 Å². The number of aliphatic hydroxyl groups is 2. The number of nitrogens with two attached hydrogens (primary N) is 1. The lowest BCUT2D eigenvalue weighted by Gasteiger charge is -2.28. The van der Waals surface area contributed by atoms with Crippen LogP contribution in [0, 0.1) is 0 Å². The van der Waals surface area contributed by atoms with E-state index in [1.165, 1.54) is 0 Å². The van der Waals surface area contributed by atoms with Crippen LogP contribution in [0.15, 0.2) is 0 Å². The van der Waals surface area contributed by atoms with Crippen molar-refractivity contribution in [2.45, 2.75) is 31.0 Å². The number of nitrogens with one attached hydrogen (secondary N) is 3. The van der Waals surface area contributed by atoms with Crippen LogP contribution in [0.2, 0.25) is 0 Å². The van der Waals surface area contributed by atoms with E-state index in [4.69, 9.17) is 10.8 Å². The zero-order valence-corrected chi connectivity index (χ0v) is 15.1. The van der Waals surface area contributed by atoms with Gasteiger partial charge in [0.25, 0.3) is 0 Å². The maximum Gasteiger partial charge on any atom is 0.322 e. The molecule has 8 N–H and O–H groups in total. The van der Waals surface area contributed by atoms with Gasteiger partial charge in [-0.05, 0) is 12.8 Å². The van der Waals surface area contributed by atoms with Crippen LogP contribution in [0.3, 0.4) is 0 Å². The molecule has 13 nitrogen and oxygen atoms in total. The fraction of sp³-hybridized carbons (Fsp3) is 0.667. The minimum absolute atomic E-state index is 0.184. The Morgan fingerprint density at radius 2 is 1.71 bits per heavy atom.